The predicted molar refractivity (Wildman–Crippen MR) is 56.6 cm³/mol. The summed E-state index contributed by atoms with van der Waals surface area (Å²) in [5.41, 5.74) is 0.733. The van der Waals surface area contributed by atoms with Gasteiger partial charge >= 0.3 is 0 Å². The average Bonchev–Trinajstić information content (AvgIpc) is 1.85. The van der Waals surface area contributed by atoms with Gasteiger partial charge in [-0.15, -0.1) is 0 Å². The van der Waals surface area contributed by atoms with Gasteiger partial charge in [-0.2, -0.15) is 5.26 Å². The normalized spacial score (nSPS) is 8.90. The molecule has 0 radical (unpaired) electrons. The fourth-order valence-electron chi connectivity index (χ4n) is 0.618. The Morgan fingerprint density at radius 3 is 2.00 bits per heavy atom. The lowest BCUT2D eigenvalue weighted by Gasteiger charge is -1.92. The molecular formula is C7H3I2N. The zero-order valence-corrected chi connectivity index (χ0v) is 9.25. The first-order valence-electron chi connectivity index (χ1n) is 2.58. The SMILES string of the molecule is N#Cc1cc(I)cc(I)c1. The second-order valence-electron chi connectivity index (χ2n) is 1.77. The van der Waals surface area contributed by atoms with E-state index in [2.05, 4.69) is 51.3 Å². The first kappa shape index (κ1) is 8.27. The minimum absolute atomic E-state index is 0.733. The van der Waals surface area contributed by atoms with Crippen molar-refractivity contribution < 1.29 is 0 Å². The molecule has 0 saturated carbocycles. The van der Waals surface area contributed by atoms with E-state index in [0.29, 0.717) is 0 Å². The first-order valence-corrected chi connectivity index (χ1v) is 4.74. The van der Waals surface area contributed by atoms with Crippen LogP contribution in [0.2, 0.25) is 0 Å². The van der Waals surface area contributed by atoms with Gasteiger partial charge in [0.2, 0.25) is 0 Å². The second-order valence-corrected chi connectivity index (χ2v) is 4.26. The zero-order valence-electron chi connectivity index (χ0n) is 4.94. The molecule has 0 spiro atoms. The number of hydrogen-bond donors (Lipinski definition) is 0. The van der Waals surface area contributed by atoms with E-state index >= 15 is 0 Å². The molecule has 0 atom stereocenters. The van der Waals surface area contributed by atoms with Crippen molar-refractivity contribution in [1.29, 1.82) is 5.26 Å². The summed E-state index contributed by atoms with van der Waals surface area (Å²) >= 11 is 4.40. The molecule has 1 aromatic rings. The summed E-state index contributed by atoms with van der Waals surface area (Å²) in [6.45, 7) is 0. The number of nitrogens with zero attached hydrogens (tertiary/aromatic N) is 1. The summed E-state index contributed by atoms with van der Waals surface area (Å²) in [7, 11) is 0. The Morgan fingerprint density at radius 1 is 1.10 bits per heavy atom. The minimum atomic E-state index is 0.733. The standard InChI is InChI=1S/C7H3I2N/c8-6-1-5(4-10)2-7(9)3-6/h1-3H. The van der Waals surface area contributed by atoms with Gasteiger partial charge in [0.15, 0.2) is 0 Å². The Labute approximate surface area is 86.7 Å². The Bertz CT molecular complexity index is 268. The summed E-state index contributed by atoms with van der Waals surface area (Å²) in [5, 5.41) is 8.53. The molecule has 3 heteroatoms. The smallest absolute Gasteiger partial charge is 0.0992 e. The van der Waals surface area contributed by atoms with E-state index in [1.54, 1.807) is 0 Å². The molecule has 0 aliphatic carbocycles. The number of rotatable bonds is 0. The molecule has 0 aliphatic rings. The van der Waals surface area contributed by atoms with Crippen molar-refractivity contribution in [2.24, 2.45) is 0 Å². The Kier molecular flexibility index (Phi) is 2.92. The van der Waals surface area contributed by atoms with Crippen molar-refractivity contribution >= 4 is 45.2 Å². The van der Waals surface area contributed by atoms with Gasteiger partial charge in [0.05, 0.1) is 11.6 Å². The van der Waals surface area contributed by atoms with Gasteiger partial charge in [0.1, 0.15) is 0 Å². The highest BCUT2D eigenvalue weighted by Gasteiger charge is 1.93. The van der Waals surface area contributed by atoms with Gasteiger partial charge in [0, 0.05) is 7.14 Å². The number of benzene rings is 1. The molecule has 0 fully saturated rings. The largest absolute Gasteiger partial charge is 0.192 e. The van der Waals surface area contributed by atoms with Gasteiger partial charge in [-0.3, -0.25) is 0 Å². The molecule has 1 nitrogen and oxygen atoms in total. The van der Waals surface area contributed by atoms with E-state index < -0.39 is 0 Å². The van der Waals surface area contributed by atoms with Gasteiger partial charge in [0.25, 0.3) is 0 Å². The zero-order chi connectivity index (χ0) is 7.56. The summed E-state index contributed by atoms with van der Waals surface area (Å²) in [5.74, 6) is 0. The average molecular weight is 355 g/mol. The van der Waals surface area contributed by atoms with Crippen molar-refractivity contribution in [2.45, 2.75) is 0 Å². The third-order valence-corrected chi connectivity index (χ3v) is 2.24. The van der Waals surface area contributed by atoms with Crippen LogP contribution >= 0.6 is 45.2 Å². The molecule has 0 amide bonds. The highest BCUT2D eigenvalue weighted by Crippen LogP contribution is 2.13. The molecule has 0 aliphatic heterocycles. The van der Waals surface area contributed by atoms with Crippen LogP contribution in [0.15, 0.2) is 18.2 Å². The summed E-state index contributed by atoms with van der Waals surface area (Å²) < 4.78 is 2.22. The van der Waals surface area contributed by atoms with E-state index in [0.717, 1.165) is 12.7 Å². The molecule has 1 aromatic carbocycles. The van der Waals surface area contributed by atoms with E-state index in [-0.39, 0.29) is 0 Å². The molecule has 0 N–H and O–H groups in total. The third kappa shape index (κ3) is 2.09. The third-order valence-electron chi connectivity index (χ3n) is 0.992. The molecule has 0 unspecified atom stereocenters. The van der Waals surface area contributed by atoms with Crippen LogP contribution in [0.1, 0.15) is 5.56 Å². The van der Waals surface area contributed by atoms with Crippen molar-refractivity contribution in [3.05, 3.63) is 30.9 Å². The first-order chi connectivity index (χ1) is 4.72. The topological polar surface area (TPSA) is 23.8 Å². The van der Waals surface area contributed by atoms with Crippen LogP contribution in [0.4, 0.5) is 0 Å². The summed E-state index contributed by atoms with van der Waals surface area (Å²) in [6, 6.07) is 7.86. The quantitative estimate of drug-likeness (QED) is 0.657. The van der Waals surface area contributed by atoms with Crippen LogP contribution < -0.4 is 0 Å². The maximum Gasteiger partial charge on any atom is 0.0992 e. The molecule has 50 valence electrons. The van der Waals surface area contributed by atoms with Gasteiger partial charge in [-0.1, -0.05) is 0 Å². The van der Waals surface area contributed by atoms with E-state index in [1.165, 1.54) is 0 Å². The highest BCUT2D eigenvalue weighted by atomic mass is 127. The van der Waals surface area contributed by atoms with Crippen LogP contribution in [0, 0.1) is 18.5 Å². The fraction of sp³-hybridized carbons (Fsp3) is 0. The Hall–Kier alpha value is 0.170. The lowest BCUT2D eigenvalue weighted by Crippen LogP contribution is -1.79. The predicted octanol–water partition coefficient (Wildman–Crippen LogP) is 2.77. The highest BCUT2D eigenvalue weighted by molar-refractivity contribution is 14.1. The van der Waals surface area contributed by atoms with Crippen LogP contribution in [-0.4, -0.2) is 0 Å². The van der Waals surface area contributed by atoms with E-state index in [1.807, 2.05) is 18.2 Å². The van der Waals surface area contributed by atoms with Crippen molar-refractivity contribution in [3.63, 3.8) is 0 Å². The van der Waals surface area contributed by atoms with Crippen molar-refractivity contribution in [1.82, 2.24) is 0 Å². The lowest BCUT2D eigenvalue weighted by atomic mass is 10.2. The van der Waals surface area contributed by atoms with E-state index in [4.69, 9.17) is 5.26 Å². The van der Waals surface area contributed by atoms with Gasteiger partial charge in [-0.05, 0) is 63.4 Å². The van der Waals surface area contributed by atoms with Crippen LogP contribution in [-0.2, 0) is 0 Å². The molecule has 10 heavy (non-hydrogen) atoms. The van der Waals surface area contributed by atoms with Crippen LogP contribution in [0.5, 0.6) is 0 Å². The Morgan fingerprint density at radius 2 is 1.60 bits per heavy atom. The molecule has 0 saturated heterocycles. The monoisotopic (exact) mass is 355 g/mol. The lowest BCUT2D eigenvalue weighted by molar-refractivity contribution is 1.46. The second kappa shape index (κ2) is 3.53. The molecule has 0 bridgehead atoms. The summed E-state index contributed by atoms with van der Waals surface area (Å²) in [4.78, 5) is 0. The molecule has 0 aromatic heterocycles. The maximum absolute atomic E-state index is 8.53. The van der Waals surface area contributed by atoms with Gasteiger partial charge < -0.3 is 0 Å². The number of halogens is 2. The van der Waals surface area contributed by atoms with Gasteiger partial charge in [-0.25, -0.2) is 0 Å². The number of nitriles is 1. The number of hydrogen-bond acceptors (Lipinski definition) is 1. The summed E-state index contributed by atoms with van der Waals surface area (Å²) in [6.07, 6.45) is 0. The molecule has 0 heterocycles. The molecule has 1 rings (SSSR count). The van der Waals surface area contributed by atoms with Crippen LogP contribution in [0.25, 0.3) is 0 Å². The molecular weight excluding hydrogens is 352 g/mol. The fourth-order valence-corrected chi connectivity index (χ4v) is 2.56. The minimum Gasteiger partial charge on any atom is -0.192 e. The van der Waals surface area contributed by atoms with E-state index in [9.17, 15) is 0 Å². The van der Waals surface area contributed by atoms with Crippen LogP contribution in [0.3, 0.4) is 0 Å². The maximum atomic E-state index is 8.53. The van der Waals surface area contributed by atoms with Crippen molar-refractivity contribution in [2.75, 3.05) is 0 Å². The van der Waals surface area contributed by atoms with Crippen molar-refractivity contribution in [3.8, 4) is 6.07 Å². The Balaban J connectivity index is 3.22.